The molecule has 0 nitrogen and oxygen atoms in total. The van der Waals surface area contributed by atoms with Crippen LogP contribution in [-0.2, 0) is 0 Å². The van der Waals surface area contributed by atoms with Crippen molar-refractivity contribution in [3.05, 3.63) is 67.6 Å². The van der Waals surface area contributed by atoms with Crippen LogP contribution in [-0.4, -0.2) is 0 Å². The summed E-state index contributed by atoms with van der Waals surface area (Å²) in [4.78, 5) is 0. The number of aryl methyl sites for hydroxylation is 1. The van der Waals surface area contributed by atoms with Crippen molar-refractivity contribution in [3.63, 3.8) is 0 Å². The summed E-state index contributed by atoms with van der Waals surface area (Å²) in [6.45, 7) is 16.3. The standard InChI is InChI=1S/C32H34Br2/c1-8-17(5)23-14-25(33)29-22-13-12-20(16(3)4)28-24(18(6)9-2)15-26(34)30(32(22)28)21-11-10-19(7)27(23)31(21)29/h10-18H,8-9H2,1-7H3. The molecule has 0 aliphatic heterocycles. The van der Waals surface area contributed by atoms with Gasteiger partial charge in [-0.2, -0.15) is 0 Å². The normalized spacial score (nSPS) is 14.3. The summed E-state index contributed by atoms with van der Waals surface area (Å²) in [5.74, 6) is 1.50. The number of hydrogen-bond donors (Lipinski definition) is 0. The molecule has 0 fully saturated rings. The fourth-order valence-electron chi connectivity index (χ4n) is 5.97. The number of hydrogen-bond acceptors (Lipinski definition) is 0. The maximum Gasteiger partial charge on any atom is 0.0263 e. The minimum absolute atomic E-state index is 0.474. The molecule has 0 aliphatic carbocycles. The van der Waals surface area contributed by atoms with Crippen molar-refractivity contribution in [1.29, 1.82) is 0 Å². The molecule has 2 heteroatoms. The average Bonchev–Trinajstić information content (AvgIpc) is 2.82. The van der Waals surface area contributed by atoms with Gasteiger partial charge in [0.25, 0.3) is 0 Å². The molecule has 0 spiro atoms. The third-order valence-electron chi connectivity index (χ3n) is 8.22. The summed E-state index contributed by atoms with van der Waals surface area (Å²) >= 11 is 8.11. The van der Waals surface area contributed by atoms with Gasteiger partial charge in [0.2, 0.25) is 0 Å². The number of fused-ring (bicyclic) bond motifs is 2. The molecule has 34 heavy (non-hydrogen) atoms. The Morgan fingerprint density at radius 3 is 1.56 bits per heavy atom. The third-order valence-corrected chi connectivity index (χ3v) is 9.47. The van der Waals surface area contributed by atoms with Gasteiger partial charge in [0.05, 0.1) is 0 Å². The highest BCUT2D eigenvalue weighted by Crippen LogP contribution is 2.50. The molecule has 5 rings (SSSR count). The van der Waals surface area contributed by atoms with Gasteiger partial charge in [-0.05, 0) is 104 Å². The van der Waals surface area contributed by atoms with Gasteiger partial charge >= 0.3 is 0 Å². The smallest absolute Gasteiger partial charge is 0.0263 e. The van der Waals surface area contributed by atoms with E-state index in [1.165, 1.54) is 74.3 Å². The third kappa shape index (κ3) is 3.35. The van der Waals surface area contributed by atoms with Crippen LogP contribution in [0, 0.1) is 6.92 Å². The molecule has 0 amide bonds. The van der Waals surface area contributed by atoms with E-state index in [2.05, 4.69) is 117 Å². The average molecular weight is 578 g/mol. The molecule has 2 atom stereocenters. The SMILES string of the molecule is CCC(C)c1cc(Br)c2c3ccc(C(C)C)c4c(C(C)CC)cc(Br)c(c5ccc(C)c1c52)c43. The Labute approximate surface area is 220 Å². The molecule has 0 saturated heterocycles. The van der Waals surface area contributed by atoms with Gasteiger partial charge in [-0.15, -0.1) is 0 Å². The van der Waals surface area contributed by atoms with Crippen LogP contribution in [0.2, 0.25) is 0 Å². The van der Waals surface area contributed by atoms with E-state index in [-0.39, 0.29) is 0 Å². The minimum atomic E-state index is 0.474. The zero-order valence-electron chi connectivity index (χ0n) is 21.4. The quantitative estimate of drug-likeness (QED) is 0.144. The molecule has 0 aromatic heterocycles. The Bertz CT molecular complexity index is 1560. The van der Waals surface area contributed by atoms with Gasteiger partial charge in [-0.25, -0.2) is 0 Å². The summed E-state index contributed by atoms with van der Waals surface area (Å²) in [5.41, 5.74) is 5.76. The summed E-state index contributed by atoms with van der Waals surface area (Å²) < 4.78 is 2.44. The first-order chi connectivity index (χ1) is 16.2. The molecule has 0 heterocycles. The molecule has 5 aromatic carbocycles. The first-order valence-electron chi connectivity index (χ1n) is 12.8. The molecule has 0 aliphatic rings. The predicted molar refractivity (Wildman–Crippen MR) is 159 cm³/mol. The lowest BCUT2D eigenvalue weighted by molar-refractivity contribution is 0.737. The molecular weight excluding hydrogens is 544 g/mol. The lowest BCUT2D eigenvalue weighted by Gasteiger charge is -2.25. The van der Waals surface area contributed by atoms with Crippen molar-refractivity contribution in [1.82, 2.24) is 0 Å². The van der Waals surface area contributed by atoms with Crippen molar-refractivity contribution in [2.75, 3.05) is 0 Å². The number of halogens is 2. The van der Waals surface area contributed by atoms with E-state index in [0.29, 0.717) is 17.8 Å². The Morgan fingerprint density at radius 2 is 1.06 bits per heavy atom. The Balaban J connectivity index is 2.15. The van der Waals surface area contributed by atoms with Crippen LogP contribution in [0.15, 0.2) is 45.3 Å². The lowest BCUT2D eigenvalue weighted by atomic mass is 9.80. The Hall–Kier alpha value is -1.64. The van der Waals surface area contributed by atoms with Crippen molar-refractivity contribution in [2.24, 2.45) is 0 Å². The van der Waals surface area contributed by atoms with Gasteiger partial charge in [-0.1, -0.05) is 97.7 Å². The summed E-state index contributed by atoms with van der Waals surface area (Å²) in [6.07, 6.45) is 2.27. The molecule has 0 N–H and O–H groups in total. The summed E-state index contributed by atoms with van der Waals surface area (Å²) in [5, 5.41) is 11.2. The zero-order chi connectivity index (χ0) is 24.5. The van der Waals surface area contributed by atoms with E-state index in [1.807, 2.05) is 0 Å². The van der Waals surface area contributed by atoms with Crippen molar-refractivity contribution >= 4 is 74.9 Å². The topological polar surface area (TPSA) is 0 Å². The van der Waals surface area contributed by atoms with E-state index in [1.54, 1.807) is 0 Å². The van der Waals surface area contributed by atoms with Crippen LogP contribution in [0.5, 0.6) is 0 Å². The molecule has 0 radical (unpaired) electrons. The van der Waals surface area contributed by atoms with E-state index in [4.69, 9.17) is 0 Å². The van der Waals surface area contributed by atoms with Crippen LogP contribution in [0.3, 0.4) is 0 Å². The van der Waals surface area contributed by atoms with Gasteiger partial charge in [0.15, 0.2) is 0 Å². The molecule has 2 unspecified atom stereocenters. The fraction of sp³-hybridized carbons (Fsp3) is 0.375. The number of benzene rings is 5. The van der Waals surface area contributed by atoms with Crippen molar-refractivity contribution in [2.45, 2.75) is 79.1 Å². The fourth-order valence-corrected chi connectivity index (χ4v) is 7.29. The molecular formula is C32H34Br2. The maximum absolute atomic E-state index is 4.06. The maximum atomic E-state index is 4.06. The summed E-state index contributed by atoms with van der Waals surface area (Å²) in [6, 6.07) is 14.3. The lowest BCUT2D eigenvalue weighted by Crippen LogP contribution is -2.02. The van der Waals surface area contributed by atoms with Crippen LogP contribution >= 0.6 is 31.9 Å². The Morgan fingerprint density at radius 1 is 0.588 bits per heavy atom. The second-order valence-electron chi connectivity index (χ2n) is 10.6. The molecule has 0 saturated carbocycles. The van der Waals surface area contributed by atoms with Crippen LogP contribution in [0.1, 0.15) is 94.4 Å². The first-order valence-corrected chi connectivity index (χ1v) is 14.3. The molecule has 0 bridgehead atoms. The molecule has 5 aromatic rings. The van der Waals surface area contributed by atoms with Crippen LogP contribution in [0.4, 0.5) is 0 Å². The van der Waals surface area contributed by atoms with Gasteiger partial charge in [0.1, 0.15) is 0 Å². The Kier molecular flexibility index (Phi) is 6.22. The van der Waals surface area contributed by atoms with Crippen molar-refractivity contribution in [3.8, 4) is 0 Å². The highest BCUT2D eigenvalue weighted by Gasteiger charge is 2.25. The van der Waals surface area contributed by atoms with Gasteiger partial charge < -0.3 is 0 Å². The van der Waals surface area contributed by atoms with E-state index >= 15 is 0 Å². The van der Waals surface area contributed by atoms with Gasteiger partial charge in [0, 0.05) is 19.7 Å². The predicted octanol–water partition coefficient (Wildman–Crippen LogP) is 11.7. The summed E-state index contributed by atoms with van der Waals surface area (Å²) in [7, 11) is 0. The minimum Gasteiger partial charge on any atom is -0.0648 e. The van der Waals surface area contributed by atoms with E-state index < -0.39 is 0 Å². The first kappa shape index (κ1) is 24.1. The second-order valence-corrected chi connectivity index (χ2v) is 12.3. The van der Waals surface area contributed by atoms with Crippen LogP contribution in [0.25, 0.3) is 43.1 Å². The van der Waals surface area contributed by atoms with E-state index in [9.17, 15) is 0 Å². The van der Waals surface area contributed by atoms with Gasteiger partial charge in [-0.3, -0.25) is 0 Å². The zero-order valence-corrected chi connectivity index (χ0v) is 24.5. The largest absolute Gasteiger partial charge is 0.0648 e. The van der Waals surface area contributed by atoms with Crippen molar-refractivity contribution < 1.29 is 0 Å². The number of rotatable bonds is 5. The second kappa shape index (κ2) is 8.79. The van der Waals surface area contributed by atoms with Crippen LogP contribution < -0.4 is 0 Å². The highest BCUT2D eigenvalue weighted by atomic mass is 79.9. The monoisotopic (exact) mass is 576 g/mol. The molecule has 176 valence electrons. The highest BCUT2D eigenvalue weighted by molar-refractivity contribution is 9.11. The van der Waals surface area contributed by atoms with E-state index in [0.717, 1.165) is 12.8 Å².